The van der Waals surface area contributed by atoms with Gasteiger partial charge in [-0.3, -0.25) is 0 Å². The molecule has 4 aromatic rings. The Kier molecular flexibility index (Phi) is 6.39. The molecule has 0 aromatic heterocycles. The lowest BCUT2D eigenvalue weighted by atomic mass is 9.87. The van der Waals surface area contributed by atoms with Gasteiger partial charge in [0, 0.05) is 11.4 Å². The number of hydrogen-bond donors (Lipinski definition) is 8. The van der Waals surface area contributed by atoms with Crippen LogP contribution in [0.25, 0.3) is 10.8 Å². The molecule has 8 heteroatoms. The standard InChI is InChI=1S/C30H34N2O6/c1-29(2,3)15-7-11-17(12-8-15)31-21-23(33)19-20(25(35)27(21)37)24(34)22(28(38)26(19)36)32-18-13-9-16(10-14-18)30(4,5)6/h7-14,31-38H,1-6H3. The highest BCUT2D eigenvalue weighted by Crippen LogP contribution is 2.59. The van der Waals surface area contributed by atoms with E-state index in [9.17, 15) is 30.6 Å². The highest BCUT2D eigenvalue weighted by molar-refractivity contribution is 6.12. The number of hydrogen-bond acceptors (Lipinski definition) is 8. The van der Waals surface area contributed by atoms with Crippen molar-refractivity contribution >= 4 is 33.5 Å². The summed E-state index contributed by atoms with van der Waals surface area (Å²) >= 11 is 0. The van der Waals surface area contributed by atoms with Crippen molar-refractivity contribution in [2.45, 2.75) is 52.4 Å². The fourth-order valence-corrected chi connectivity index (χ4v) is 4.28. The minimum Gasteiger partial charge on any atom is -0.505 e. The molecule has 4 aromatic carbocycles. The lowest BCUT2D eigenvalue weighted by Gasteiger charge is -2.21. The average Bonchev–Trinajstić information content (AvgIpc) is 2.84. The molecule has 38 heavy (non-hydrogen) atoms. The Hall–Kier alpha value is -4.46. The lowest BCUT2D eigenvalue weighted by molar-refractivity contribution is 0.392. The second-order valence-electron chi connectivity index (χ2n) is 11.5. The first-order chi connectivity index (χ1) is 17.6. The highest BCUT2D eigenvalue weighted by Gasteiger charge is 2.29. The molecule has 0 unspecified atom stereocenters. The van der Waals surface area contributed by atoms with Gasteiger partial charge in [-0.15, -0.1) is 0 Å². The first-order valence-corrected chi connectivity index (χ1v) is 12.2. The van der Waals surface area contributed by atoms with Crippen molar-refractivity contribution in [3.63, 3.8) is 0 Å². The third-order valence-corrected chi connectivity index (χ3v) is 6.63. The third kappa shape index (κ3) is 4.65. The Bertz CT molecular complexity index is 1400. The Balaban J connectivity index is 1.80. The van der Waals surface area contributed by atoms with E-state index in [4.69, 9.17) is 0 Å². The van der Waals surface area contributed by atoms with Gasteiger partial charge in [-0.1, -0.05) is 65.8 Å². The van der Waals surface area contributed by atoms with Crippen LogP contribution < -0.4 is 10.6 Å². The van der Waals surface area contributed by atoms with Crippen LogP contribution in [0.1, 0.15) is 52.7 Å². The molecule has 0 saturated heterocycles. The summed E-state index contributed by atoms with van der Waals surface area (Å²) < 4.78 is 0. The monoisotopic (exact) mass is 518 g/mol. The lowest BCUT2D eigenvalue weighted by Crippen LogP contribution is -2.10. The second kappa shape index (κ2) is 9.13. The van der Waals surface area contributed by atoms with Gasteiger partial charge in [-0.2, -0.15) is 0 Å². The van der Waals surface area contributed by atoms with E-state index in [1.807, 2.05) is 24.3 Å². The number of rotatable bonds is 4. The van der Waals surface area contributed by atoms with Crippen LogP contribution in [0, 0.1) is 0 Å². The van der Waals surface area contributed by atoms with E-state index in [-0.39, 0.29) is 22.2 Å². The summed E-state index contributed by atoms with van der Waals surface area (Å²) in [5, 5.41) is 69.9. The highest BCUT2D eigenvalue weighted by atomic mass is 16.3. The molecule has 0 aliphatic heterocycles. The molecule has 0 aliphatic carbocycles. The van der Waals surface area contributed by atoms with Crippen LogP contribution in [0.3, 0.4) is 0 Å². The SMILES string of the molecule is CC(C)(C)c1ccc(Nc2c(O)c(O)c3c(O)c(Nc4ccc(C(C)(C)C)cc4)c(O)c(O)c3c2O)cc1. The van der Waals surface area contributed by atoms with Gasteiger partial charge >= 0.3 is 0 Å². The zero-order valence-corrected chi connectivity index (χ0v) is 22.3. The van der Waals surface area contributed by atoms with Crippen LogP contribution in [0.5, 0.6) is 34.5 Å². The van der Waals surface area contributed by atoms with E-state index in [0.29, 0.717) is 11.4 Å². The molecule has 8 nitrogen and oxygen atoms in total. The first-order valence-electron chi connectivity index (χ1n) is 12.2. The molecule has 0 aliphatic rings. The average molecular weight is 519 g/mol. The fourth-order valence-electron chi connectivity index (χ4n) is 4.28. The van der Waals surface area contributed by atoms with Crippen LogP contribution in [-0.4, -0.2) is 30.6 Å². The molecular formula is C30H34N2O6. The van der Waals surface area contributed by atoms with E-state index in [1.54, 1.807) is 24.3 Å². The normalized spacial score (nSPS) is 12.1. The number of nitrogens with one attached hydrogen (secondary N) is 2. The van der Waals surface area contributed by atoms with Gasteiger partial charge in [0.05, 0.1) is 10.8 Å². The second-order valence-corrected chi connectivity index (χ2v) is 11.5. The molecule has 0 saturated carbocycles. The summed E-state index contributed by atoms with van der Waals surface area (Å²) in [7, 11) is 0. The van der Waals surface area contributed by atoms with Crippen LogP contribution in [0.2, 0.25) is 0 Å². The van der Waals surface area contributed by atoms with Gasteiger partial charge in [0.15, 0.2) is 34.5 Å². The smallest absolute Gasteiger partial charge is 0.186 e. The van der Waals surface area contributed by atoms with E-state index < -0.39 is 45.3 Å². The number of benzene rings is 4. The molecule has 0 spiro atoms. The number of aromatic hydroxyl groups is 6. The van der Waals surface area contributed by atoms with E-state index >= 15 is 0 Å². The molecule has 4 rings (SSSR count). The fraction of sp³-hybridized carbons (Fsp3) is 0.267. The maximum absolute atomic E-state index is 11.0. The van der Waals surface area contributed by atoms with Crippen molar-refractivity contribution < 1.29 is 30.6 Å². The van der Waals surface area contributed by atoms with Crippen LogP contribution in [0.4, 0.5) is 22.7 Å². The minimum absolute atomic E-state index is 0.0781. The number of phenols is 6. The largest absolute Gasteiger partial charge is 0.505 e. The minimum atomic E-state index is -0.787. The molecule has 0 amide bonds. The van der Waals surface area contributed by atoms with Gasteiger partial charge in [0.25, 0.3) is 0 Å². The summed E-state index contributed by atoms with van der Waals surface area (Å²) in [5.74, 6) is -4.39. The Morgan fingerprint density at radius 2 is 0.711 bits per heavy atom. The molecule has 0 atom stereocenters. The molecule has 0 heterocycles. The molecule has 0 fully saturated rings. The van der Waals surface area contributed by atoms with Crippen molar-refractivity contribution in [1.29, 1.82) is 0 Å². The zero-order valence-electron chi connectivity index (χ0n) is 22.3. The van der Waals surface area contributed by atoms with Crippen molar-refractivity contribution in [2.24, 2.45) is 0 Å². The molecule has 0 radical (unpaired) electrons. The summed E-state index contributed by atoms with van der Waals surface area (Å²) in [6.07, 6.45) is 0. The van der Waals surface area contributed by atoms with E-state index in [1.165, 1.54) is 0 Å². The van der Waals surface area contributed by atoms with Gasteiger partial charge in [-0.05, 0) is 46.2 Å². The van der Waals surface area contributed by atoms with Gasteiger partial charge < -0.3 is 41.3 Å². The predicted octanol–water partition coefficient (Wildman–Crippen LogP) is 7.16. The van der Waals surface area contributed by atoms with Crippen LogP contribution in [-0.2, 0) is 10.8 Å². The maximum atomic E-state index is 11.0. The van der Waals surface area contributed by atoms with Gasteiger partial charge in [-0.25, -0.2) is 0 Å². The summed E-state index contributed by atoms with van der Waals surface area (Å²) in [5.41, 5.74) is 2.37. The Morgan fingerprint density at radius 3 is 0.974 bits per heavy atom. The quantitative estimate of drug-likeness (QED) is 0.105. The Morgan fingerprint density at radius 1 is 0.421 bits per heavy atom. The maximum Gasteiger partial charge on any atom is 0.186 e. The number of phenolic OH excluding ortho intramolecular Hbond substituents is 6. The van der Waals surface area contributed by atoms with Crippen molar-refractivity contribution in [3.8, 4) is 34.5 Å². The van der Waals surface area contributed by atoms with Crippen molar-refractivity contribution in [1.82, 2.24) is 0 Å². The Labute approximate surface area is 221 Å². The first kappa shape index (κ1) is 26.6. The molecule has 0 bridgehead atoms. The summed E-state index contributed by atoms with van der Waals surface area (Å²) in [4.78, 5) is 0. The summed E-state index contributed by atoms with van der Waals surface area (Å²) in [6, 6.07) is 14.5. The molecule has 200 valence electrons. The van der Waals surface area contributed by atoms with Crippen molar-refractivity contribution in [3.05, 3.63) is 59.7 Å². The van der Waals surface area contributed by atoms with E-state index in [0.717, 1.165) is 11.1 Å². The van der Waals surface area contributed by atoms with E-state index in [2.05, 4.69) is 52.2 Å². The summed E-state index contributed by atoms with van der Waals surface area (Å²) in [6.45, 7) is 12.4. The predicted molar refractivity (Wildman–Crippen MR) is 151 cm³/mol. The topological polar surface area (TPSA) is 145 Å². The van der Waals surface area contributed by atoms with Gasteiger partial charge in [0.2, 0.25) is 0 Å². The molecule has 8 N–H and O–H groups in total. The number of anilines is 4. The van der Waals surface area contributed by atoms with Crippen molar-refractivity contribution in [2.75, 3.05) is 10.6 Å². The van der Waals surface area contributed by atoms with Crippen LogP contribution >= 0.6 is 0 Å². The molecular weight excluding hydrogens is 484 g/mol. The third-order valence-electron chi connectivity index (χ3n) is 6.63. The van der Waals surface area contributed by atoms with Gasteiger partial charge in [0.1, 0.15) is 11.4 Å². The number of fused-ring (bicyclic) bond motifs is 1. The van der Waals surface area contributed by atoms with Crippen LogP contribution in [0.15, 0.2) is 48.5 Å². The zero-order chi connectivity index (χ0) is 28.2.